The van der Waals surface area contributed by atoms with Crippen LogP contribution in [-0.2, 0) is 16.1 Å². The van der Waals surface area contributed by atoms with E-state index in [0.29, 0.717) is 26.2 Å². The number of nitrogens with one attached hydrogen (secondary N) is 3. The Kier molecular flexibility index (Phi) is 9.37. The summed E-state index contributed by atoms with van der Waals surface area (Å²) < 4.78 is 5.94. The zero-order valence-corrected chi connectivity index (χ0v) is 19.1. The van der Waals surface area contributed by atoms with Crippen LogP contribution in [0, 0.1) is 0 Å². The first kappa shape index (κ1) is 23.6. The maximum absolute atomic E-state index is 11.6. The molecule has 0 aliphatic carbocycles. The van der Waals surface area contributed by atoms with E-state index in [1.165, 1.54) is 5.56 Å². The first-order valence-electron chi connectivity index (χ1n) is 11.4. The van der Waals surface area contributed by atoms with Gasteiger partial charge in [0, 0.05) is 38.5 Å². The predicted molar refractivity (Wildman–Crippen MR) is 130 cm³/mol. The summed E-state index contributed by atoms with van der Waals surface area (Å²) in [7, 11) is 0. The van der Waals surface area contributed by atoms with Gasteiger partial charge in [0.05, 0.1) is 19.2 Å². The molecule has 0 saturated carbocycles. The van der Waals surface area contributed by atoms with Crippen molar-refractivity contribution in [3.8, 4) is 0 Å². The van der Waals surface area contributed by atoms with Crippen molar-refractivity contribution in [2.75, 3.05) is 44.2 Å². The largest absolute Gasteiger partial charge is 0.374 e. The lowest BCUT2D eigenvalue weighted by Crippen LogP contribution is -2.47. The first-order chi connectivity index (χ1) is 15.7. The van der Waals surface area contributed by atoms with Crippen LogP contribution in [0.4, 0.5) is 5.69 Å². The third-order valence-corrected chi connectivity index (χ3v) is 5.35. The van der Waals surface area contributed by atoms with E-state index in [-0.39, 0.29) is 12.0 Å². The Hall–Kier alpha value is -3.06. The topological polar surface area (TPSA) is 78.0 Å². The van der Waals surface area contributed by atoms with Crippen molar-refractivity contribution in [1.29, 1.82) is 0 Å². The van der Waals surface area contributed by atoms with Gasteiger partial charge in [0.25, 0.3) is 0 Å². The number of aliphatic imine (C=N–C) groups is 1. The second kappa shape index (κ2) is 12.7. The third kappa shape index (κ3) is 7.57. The number of amides is 1. The molecule has 0 radical (unpaired) electrons. The lowest BCUT2D eigenvalue weighted by atomic mass is 10.1. The van der Waals surface area contributed by atoms with Gasteiger partial charge in [-0.3, -0.25) is 4.79 Å². The zero-order chi connectivity index (χ0) is 22.6. The summed E-state index contributed by atoms with van der Waals surface area (Å²) in [6, 6.07) is 18.6. The molecule has 1 heterocycles. The molecule has 1 atom stereocenters. The van der Waals surface area contributed by atoms with E-state index in [4.69, 9.17) is 9.73 Å². The number of carbonyl (C=O) groups is 1. The molecule has 1 unspecified atom stereocenters. The van der Waals surface area contributed by atoms with Gasteiger partial charge < -0.3 is 25.6 Å². The number of hydrogen-bond donors (Lipinski definition) is 3. The molecule has 1 fully saturated rings. The fraction of sp³-hybridized carbons (Fsp3) is 0.440. The average molecular weight is 438 g/mol. The standard InChI is InChI=1S/C25H35N5O2/c1-3-26-25(28-14-7-17-32-20(2)22-8-5-4-6-9-22)29-18-21-10-12-23(13-11-21)30-16-15-27-24(31)19-30/h4-6,8-13,20H,3,7,14-19H2,1-2H3,(H,27,31)(H2,26,28,29). The Morgan fingerprint density at radius 1 is 1.16 bits per heavy atom. The summed E-state index contributed by atoms with van der Waals surface area (Å²) in [4.78, 5) is 18.4. The van der Waals surface area contributed by atoms with Crippen molar-refractivity contribution in [3.05, 3.63) is 65.7 Å². The number of hydrogen-bond acceptors (Lipinski definition) is 4. The molecule has 1 saturated heterocycles. The second-order valence-electron chi connectivity index (χ2n) is 7.84. The Labute approximate surface area is 191 Å². The Balaban J connectivity index is 1.41. The van der Waals surface area contributed by atoms with E-state index >= 15 is 0 Å². The minimum atomic E-state index is 0.0752. The van der Waals surface area contributed by atoms with E-state index in [2.05, 4.69) is 71.1 Å². The molecule has 0 spiro atoms. The average Bonchev–Trinajstić information content (AvgIpc) is 2.83. The van der Waals surface area contributed by atoms with Gasteiger partial charge in [-0.2, -0.15) is 0 Å². The monoisotopic (exact) mass is 437 g/mol. The van der Waals surface area contributed by atoms with Crippen LogP contribution in [0.25, 0.3) is 0 Å². The quantitative estimate of drug-likeness (QED) is 0.303. The Morgan fingerprint density at radius 2 is 1.94 bits per heavy atom. The molecule has 0 bridgehead atoms. The fourth-order valence-corrected chi connectivity index (χ4v) is 3.54. The van der Waals surface area contributed by atoms with Crippen molar-refractivity contribution in [3.63, 3.8) is 0 Å². The van der Waals surface area contributed by atoms with Gasteiger partial charge in [0.2, 0.25) is 5.91 Å². The van der Waals surface area contributed by atoms with Crippen LogP contribution in [0.1, 0.15) is 37.5 Å². The highest BCUT2D eigenvalue weighted by Gasteiger charge is 2.16. The highest BCUT2D eigenvalue weighted by atomic mass is 16.5. The molecular formula is C25H35N5O2. The van der Waals surface area contributed by atoms with Crippen molar-refractivity contribution in [2.24, 2.45) is 4.99 Å². The summed E-state index contributed by atoms with van der Waals surface area (Å²) in [5, 5.41) is 9.53. The highest BCUT2D eigenvalue weighted by Crippen LogP contribution is 2.17. The lowest BCUT2D eigenvalue weighted by molar-refractivity contribution is -0.120. The summed E-state index contributed by atoms with van der Waals surface area (Å²) in [5.41, 5.74) is 3.40. The van der Waals surface area contributed by atoms with Gasteiger partial charge in [-0.15, -0.1) is 0 Å². The highest BCUT2D eigenvalue weighted by molar-refractivity contribution is 5.82. The van der Waals surface area contributed by atoms with Crippen LogP contribution in [0.2, 0.25) is 0 Å². The Bertz CT molecular complexity index is 854. The fourth-order valence-electron chi connectivity index (χ4n) is 3.54. The smallest absolute Gasteiger partial charge is 0.239 e. The maximum atomic E-state index is 11.6. The van der Waals surface area contributed by atoms with E-state index < -0.39 is 0 Å². The summed E-state index contributed by atoms with van der Waals surface area (Å²) in [5.74, 6) is 0.881. The minimum absolute atomic E-state index is 0.0752. The molecule has 7 nitrogen and oxygen atoms in total. The molecule has 1 aliphatic rings. The van der Waals surface area contributed by atoms with Gasteiger partial charge in [0.15, 0.2) is 5.96 Å². The van der Waals surface area contributed by atoms with Crippen LogP contribution < -0.4 is 20.9 Å². The summed E-state index contributed by atoms with van der Waals surface area (Å²) in [6.45, 7) is 8.98. The molecule has 1 amide bonds. The molecule has 32 heavy (non-hydrogen) atoms. The van der Waals surface area contributed by atoms with E-state index in [1.54, 1.807) is 0 Å². The van der Waals surface area contributed by atoms with Crippen LogP contribution in [0.15, 0.2) is 59.6 Å². The maximum Gasteiger partial charge on any atom is 0.239 e. The van der Waals surface area contributed by atoms with Gasteiger partial charge in [-0.1, -0.05) is 42.5 Å². The van der Waals surface area contributed by atoms with Crippen molar-refractivity contribution in [2.45, 2.75) is 32.9 Å². The van der Waals surface area contributed by atoms with Crippen molar-refractivity contribution in [1.82, 2.24) is 16.0 Å². The zero-order valence-electron chi connectivity index (χ0n) is 19.1. The Morgan fingerprint density at radius 3 is 2.66 bits per heavy atom. The predicted octanol–water partition coefficient (Wildman–Crippen LogP) is 2.85. The number of rotatable bonds is 10. The van der Waals surface area contributed by atoms with Gasteiger partial charge in [-0.05, 0) is 43.5 Å². The third-order valence-electron chi connectivity index (χ3n) is 5.35. The summed E-state index contributed by atoms with van der Waals surface area (Å²) in [6.07, 6.45) is 1.00. The SMILES string of the molecule is CCNC(=NCc1ccc(N2CCNC(=O)C2)cc1)NCCCOC(C)c1ccccc1. The molecule has 0 aromatic heterocycles. The number of benzene rings is 2. The molecule has 3 N–H and O–H groups in total. The van der Waals surface area contributed by atoms with E-state index in [1.807, 2.05) is 18.2 Å². The van der Waals surface area contributed by atoms with Crippen molar-refractivity contribution >= 4 is 17.6 Å². The summed E-state index contributed by atoms with van der Waals surface area (Å²) >= 11 is 0. The van der Waals surface area contributed by atoms with Crippen LogP contribution in [0.3, 0.4) is 0 Å². The van der Waals surface area contributed by atoms with Gasteiger partial charge in [0.1, 0.15) is 0 Å². The number of guanidine groups is 1. The molecule has 2 aromatic carbocycles. The number of carbonyl (C=O) groups excluding carboxylic acids is 1. The molecule has 1 aliphatic heterocycles. The molecule has 172 valence electrons. The normalized spacial score (nSPS) is 15.2. The van der Waals surface area contributed by atoms with Crippen molar-refractivity contribution < 1.29 is 9.53 Å². The number of anilines is 1. The number of piperazine rings is 1. The van der Waals surface area contributed by atoms with Crippen LogP contribution in [0.5, 0.6) is 0 Å². The van der Waals surface area contributed by atoms with Crippen LogP contribution >= 0.6 is 0 Å². The van der Waals surface area contributed by atoms with Gasteiger partial charge >= 0.3 is 0 Å². The van der Waals surface area contributed by atoms with Crippen LogP contribution in [-0.4, -0.2) is 51.2 Å². The first-order valence-corrected chi connectivity index (χ1v) is 11.4. The minimum Gasteiger partial charge on any atom is -0.374 e. The van der Waals surface area contributed by atoms with E-state index in [0.717, 1.165) is 43.3 Å². The van der Waals surface area contributed by atoms with E-state index in [9.17, 15) is 4.79 Å². The molecule has 3 rings (SSSR count). The molecule has 2 aromatic rings. The molecular weight excluding hydrogens is 402 g/mol. The number of ether oxygens (including phenoxy) is 1. The lowest BCUT2D eigenvalue weighted by Gasteiger charge is -2.28. The van der Waals surface area contributed by atoms with Gasteiger partial charge in [-0.25, -0.2) is 4.99 Å². The second-order valence-corrected chi connectivity index (χ2v) is 7.84. The molecule has 7 heteroatoms. The number of nitrogens with zero attached hydrogens (tertiary/aromatic N) is 2.